The average Bonchev–Trinajstić information content (AvgIpc) is 3.52. The van der Waals surface area contributed by atoms with E-state index in [0.717, 1.165) is 28.3 Å². The van der Waals surface area contributed by atoms with E-state index in [1.807, 2.05) is 48.5 Å². The fourth-order valence-corrected chi connectivity index (χ4v) is 6.52. The van der Waals surface area contributed by atoms with Gasteiger partial charge < -0.3 is 4.42 Å². The number of benzene rings is 4. The van der Waals surface area contributed by atoms with Crippen molar-refractivity contribution in [2.45, 2.75) is 30.7 Å². The highest BCUT2D eigenvalue weighted by atomic mass is 32.2. The predicted octanol–water partition coefficient (Wildman–Crippen LogP) is 6.62. The van der Waals surface area contributed by atoms with Gasteiger partial charge in [0.25, 0.3) is 0 Å². The Balaban J connectivity index is 1.35. The fraction of sp³-hybridized carbons (Fsp3) is 0.179. The van der Waals surface area contributed by atoms with Gasteiger partial charge in [-0.25, -0.2) is 17.8 Å². The SMILES string of the molecule is Cc1cc(-c2ccc3oc(C4CCCN4S(=O)(=O)c4ccc5ccccc5c4)nc3c2)ccc1F. The second-order valence-corrected chi connectivity index (χ2v) is 10.9. The summed E-state index contributed by atoms with van der Waals surface area (Å²) in [4.78, 5) is 4.95. The van der Waals surface area contributed by atoms with Crippen LogP contribution >= 0.6 is 0 Å². The third-order valence-corrected chi connectivity index (χ3v) is 8.62. The first kappa shape index (κ1) is 21.9. The van der Waals surface area contributed by atoms with Crippen molar-refractivity contribution in [2.24, 2.45) is 0 Å². The molecule has 176 valence electrons. The molecule has 2 heterocycles. The molecule has 1 aliphatic rings. The lowest BCUT2D eigenvalue weighted by Gasteiger charge is -2.22. The molecule has 5 aromatic rings. The van der Waals surface area contributed by atoms with Crippen LogP contribution in [-0.4, -0.2) is 24.3 Å². The van der Waals surface area contributed by atoms with Gasteiger partial charge >= 0.3 is 0 Å². The van der Waals surface area contributed by atoms with Crippen LogP contribution in [0.4, 0.5) is 4.39 Å². The Kier molecular flexibility index (Phi) is 5.20. The molecule has 1 aromatic heterocycles. The van der Waals surface area contributed by atoms with Crippen molar-refractivity contribution < 1.29 is 17.2 Å². The summed E-state index contributed by atoms with van der Waals surface area (Å²) in [6.45, 7) is 2.15. The molecule has 0 radical (unpaired) electrons. The number of fused-ring (bicyclic) bond motifs is 2. The van der Waals surface area contributed by atoms with Gasteiger partial charge in [-0.2, -0.15) is 4.31 Å². The minimum absolute atomic E-state index is 0.243. The molecule has 0 N–H and O–H groups in total. The number of aromatic nitrogens is 1. The van der Waals surface area contributed by atoms with Crippen LogP contribution in [0.5, 0.6) is 0 Å². The Morgan fingerprint density at radius 2 is 1.71 bits per heavy atom. The Hall–Kier alpha value is -3.55. The third kappa shape index (κ3) is 3.81. The van der Waals surface area contributed by atoms with Crippen molar-refractivity contribution in [1.82, 2.24) is 9.29 Å². The highest BCUT2D eigenvalue weighted by Gasteiger charge is 2.39. The molecule has 0 aliphatic carbocycles. The zero-order chi connectivity index (χ0) is 24.2. The number of sulfonamides is 1. The van der Waals surface area contributed by atoms with E-state index >= 15 is 0 Å². The quantitative estimate of drug-likeness (QED) is 0.286. The van der Waals surface area contributed by atoms with Crippen molar-refractivity contribution in [2.75, 3.05) is 6.54 Å². The molecule has 1 fully saturated rings. The molecule has 4 aromatic carbocycles. The first-order chi connectivity index (χ1) is 16.9. The number of nitrogens with zero attached hydrogens (tertiary/aromatic N) is 2. The average molecular weight is 487 g/mol. The summed E-state index contributed by atoms with van der Waals surface area (Å²) in [6, 6.07) is 23.1. The second-order valence-electron chi connectivity index (χ2n) is 8.98. The standard InChI is InChI=1S/C28H23FN2O3S/c1-18-15-21(9-12-24(18)29)22-10-13-27-25(17-22)30-28(34-27)26-7-4-14-31(26)35(32,33)23-11-8-19-5-2-3-6-20(19)16-23/h2-3,5-6,8-13,15-17,26H,4,7,14H2,1H3. The van der Waals surface area contributed by atoms with Crippen molar-refractivity contribution in [3.05, 3.63) is 96.1 Å². The van der Waals surface area contributed by atoms with E-state index < -0.39 is 16.1 Å². The Morgan fingerprint density at radius 1 is 0.943 bits per heavy atom. The van der Waals surface area contributed by atoms with E-state index in [-0.39, 0.29) is 10.7 Å². The maximum absolute atomic E-state index is 13.7. The summed E-state index contributed by atoms with van der Waals surface area (Å²) in [7, 11) is -3.73. The van der Waals surface area contributed by atoms with Crippen LogP contribution < -0.4 is 0 Å². The minimum Gasteiger partial charge on any atom is -0.439 e. The van der Waals surface area contributed by atoms with Gasteiger partial charge in [0, 0.05) is 6.54 Å². The molecule has 0 saturated carbocycles. The highest BCUT2D eigenvalue weighted by Crippen LogP contribution is 2.38. The highest BCUT2D eigenvalue weighted by molar-refractivity contribution is 7.89. The van der Waals surface area contributed by atoms with E-state index in [1.54, 1.807) is 31.2 Å². The second kappa shape index (κ2) is 8.29. The molecular weight excluding hydrogens is 463 g/mol. The molecule has 1 aliphatic heterocycles. The topological polar surface area (TPSA) is 63.4 Å². The molecular formula is C28H23FN2O3S. The summed E-state index contributed by atoms with van der Waals surface area (Å²) in [5.41, 5.74) is 3.60. The Labute approximate surface area is 202 Å². The van der Waals surface area contributed by atoms with Crippen molar-refractivity contribution in [3.63, 3.8) is 0 Å². The summed E-state index contributed by atoms with van der Waals surface area (Å²) < 4.78 is 48.4. The maximum Gasteiger partial charge on any atom is 0.243 e. The fourth-order valence-electron chi connectivity index (χ4n) is 4.83. The summed E-state index contributed by atoms with van der Waals surface area (Å²) in [6.07, 6.45) is 1.37. The smallest absolute Gasteiger partial charge is 0.243 e. The first-order valence-electron chi connectivity index (χ1n) is 11.6. The van der Waals surface area contributed by atoms with Gasteiger partial charge in [-0.05, 0) is 83.6 Å². The lowest BCUT2D eigenvalue weighted by molar-refractivity contribution is 0.337. The molecule has 0 bridgehead atoms. The number of rotatable bonds is 4. The monoisotopic (exact) mass is 486 g/mol. The predicted molar refractivity (Wildman–Crippen MR) is 134 cm³/mol. The van der Waals surface area contributed by atoms with Gasteiger partial charge in [0.2, 0.25) is 15.9 Å². The lowest BCUT2D eigenvalue weighted by atomic mass is 10.0. The maximum atomic E-state index is 13.7. The normalized spacial score (nSPS) is 16.9. The van der Waals surface area contributed by atoms with E-state index in [9.17, 15) is 12.8 Å². The molecule has 0 amide bonds. The summed E-state index contributed by atoms with van der Waals surface area (Å²) in [5, 5.41) is 1.88. The molecule has 0 spiro atoms. The van der Waals surface area contributed by atoms with Crippen LogP contribution in [0.25, 0.3) is 33.0 Å². The minimum atomic E-state index is -3.73. The van der Waals surface area contributed by atoms with E-state index in [0.29, 0.717) is 35.5 Å². The van der Waals surface area contributed by atoms with Gasteiger partial charge in [0.05, 0.1) is 4.90 Å². The van der Waals surface area contributed by atoms with Crippen LogP contribution in [0, 0.1) is 12.7 Å². The van der Waals surface area contributed by atoms with Gasteiger partial charge in [-0.15, -0.1) is 0 Å². The summed E-state index contributed by atoms with van der Waals surface area (Å²) in [5.74, 6) is 0.154. The van der Waals surface area contributed by atoms with Gasteiger partial charge in [-0.1, -0.05) is 42.5 Å². The Bertz CT molecular complexity index is 1690. The van der Waals surface area contributed by atoms with E-state index in [1.165, 1.54) is 10.4 Å². The van der Waals surface area contributed by atoms with Gasteiger partial charge in [0.1, 0.15) is 17.4 Å². The van der Waals surface area contributed by atoms with E-state index in [2.05, 4.69) is 4.98 Å². The number of halogens is 1. The number of aryl methyl sites for hydroxylation is 1. The third-order valence-electron chi connectivity index (χ3n) is 6.71. The number of oxazole rings is 1. The van der Waals surface area contributed by atoms with Crippen molar-refractivity contribution in [1.29, 1.82) is 0 Å². The zero-order valence-corrected chi connectivity index (χ0v) is 19.9. The van der Waals surface area contributed by atoms with Gasteiger partial charge in [0.15, 0.2) is 5.58 Å². The molecule has 6 rings (SSSR count). The zero-order valence-electron chi connectivity index (χ0n) is 19.1. The first-order valence-corrected chi connectivity index (χ1v) is 13.0. The van der Waals surface area contributed by atoms with Crippen molar-refractivity contribution in [3.8, 4) is 11.1 Å². The van der Waals surface area contributed by atoms with Crippen LogP contribution in [-0.2, 0) is 10.0 Å². The number of hydrogen-bond acceptors (Lipinski definition) is 4. The lowest BCUT2D eigenvalue weighted by Crippen LogP contribution is -2.30. The van der Waals surface area contributed by atoms with E-state index in [4.69, 9.17) is 4.42 Å². The molecule has 35 heavy (non-hydrogen) atoms. The van der Waals surface area contributed by atoms with Crippen LogP contribution in [0.1, 0.15) is 30.3 Å². The Morgan fingerprint density at radius 3 is 2.54 bits per heavy atom. The largest absolute Gasteiger partial charge is 0.439 e. The van der Waals surface area contributed by atoms with Crippen LogP contribution in [0.3, 0.4) is 0 Å². The molecule has 1 atom stereocenters. The molecule has 7 heteroatoms. The van der Waals surface area contributed by atoms with Gasteiger partial charge in [-0.3, -0.25) is 0 Å². The van der Waals surface area contributed by atoms with Crippen molar-refractivity contribution >= 4 is 31.9 Å². The molecule has 1 unspecified atom stereocenters. The molecule has 5 nitrogen and oxygen atoms in total. The summed E-state index contributed by atoms with van der Waals surface area (Å²) >= 11 is 0. The molecule has 1 saturated heterocycles. The van der Waals surface area contributed by atoms with Crippen LogP contribution in [0.15, 0.2) is 88.2 Å². The van der Waals surface area contributed by atoms with Crippen LogP contribution in [0.2, 0.25) is 0 Å². The number of hydrogen-bond donors (Lipinski definition) is 0.